The number of halogens is 2. The number of fused-ring (bicyclic) bond motifs is 1. The molecule has 3 rings (SSSR count). The van der Waals surface area contributed by atoms with Crippen molar-refractivity contribution < 1.29 is 0 Å². The van der Waals surface area contributed by atoms with E-state index in [9.17, 15) is 0 Å². The van der Waals surface area contributed by atoms with Gasteiger partial charge in [0.05, 0.1) is 9.85 Å². The topological polar surface area (TPSA) is 12.9 Å². The second-order valence-electron chi connectivity index (χ2n) is 4.54. The largest absolute Gasteiger partial charge is 0.263 e. The molecule has 0 aliphatic carbocycles. The Morgan fingerprint density at radius 2 is 2.37 bits per heavy atom. The fourth-order valence-corrected chi connectivity index (χ4v) is 5.50. The highest BCUT2D eigenvalue weighted by atomic mass is 79.9. The molecular formula is C14H13BrClNS2. The quantitative estimate of drug-likeness (QED) is 0.679. The van der Waals surface area contributed by atoms with Crippen LogP contribution in [0.25, 0.3) is 0 Å². The first-order valence-electron chi connectivity index (χ1n) is 6.15. The van der Waals surface area contributed by atoms with Crippen LogP contribution in [0.15, 0.2) is 24.5 Å². The molecule has 2 aromatic rings. The van der Waals surface area contributed by atoms with Gasteiger partial charge in [0.25, 0.3) is 0 Å². The summed E-state index contributed by atoms with van der Waals surface area (Å²) in [6.45, 7) is 0. The van der Waals surface area contributed by atoms with Crippen LogP contribution in [0.2, 0.25) is 5.02 Å². The Morgan fingerprint density at radius 3 is 3.16 bits per heavy atom. The number of thioether (sulfide) groups is 1. The van der Waals surface area contributed by atoms with Gasteiger partial charge in [-0.2, -0.15) is 11.8 Å². The van der Waals surface area contributed by atoms with Crippen molar-refractivity contribution in [3.63, 3.8) is 0 Å². The van der Waals surface area contributed by atoms with E-state index in [0.29, 0.717) is 4.83 Å². The van der Waals surface area contributed by atoms with Crippen LogP contribution in [-0.4, -0.2) is 10.7 Å². The lowest BCUT2D eigenvalue weighted by molar-refractivity contribution is 0.963. The number of hydrogen-bond acceptors (Lipinski definition) is 3. The zero-order valence-electron chi connectivity index (χ0n) is 10.2. The molecule has 1 aliphatic heterocycles. The Bertz CT molecular complexity index is 561. The molecule has 0 bridgehead atoms. The number of rotatable bonds is 3. The molecule has 0 fully saturated rings. The third-order valence-corrected chi connectivity index (χ3v) is 7.03. The SMILES string of the molecule is Clc1cnccc1CC(Br)c1cc2c(s1)CCSC2. The van der Waals surface area contributed by atoms with Crippen molar-refractivity contribution in [2.45, 2.75) is 23.4 Å². The summed E-state index contributed by atoms with van der Waals surface area (Å²) < 4.78 is 0. The predicted molar refractivity (Wildman–Crippen MR) is 88.8 cm³/mol. The number of pyridine rings is 1. The van der Waals surface area contributed by atoms with E-state index in [4.69, 9.17) is 11.6 Å². The summed E-state index contributed by atoms with van der Waals surface area (Å²) in [6, 6.07) is 4.36. The lowest BCUT2D eigenvalue weighted by Gasteiger charge is -2.08. The summed E-state index contributed by atoms with van der Waals surface area (Å²) in [4.78, 5) is 7.36. The van der Waals surface area contributed by atoms with E-state index >= 15 is 0 Å². The summed E-state index contributed by atoms with van der Waals surface area (Å²) >= 11 is 14.0. The third-order valence-electron chi connectivity index (χ3n) is 3.21. The number of alkyl halides is 1. The van der Waals surface area contributed by atoms with Crippen LogP contribution in [0.4, 0.5) is 0 Å². The number of aromatic nitrogens is 1. The normalized spacial score (nSPS) is 16.1. The summed E-state index contributed by atoms with van der Waals surface area (Å²) in [5.41, 5.74) is 2.68. The van der Waals surface area contributed by atoms with E-state index in [0.717, 1.165) is 17.0 Å². The molecule has 0 amide bonds. The first kappa shape index (κ1) is 13.9. The van der Waals surface area contributed by atoms with Gasteiger partial charge in [0.2, 0.25) is 0 Å². The molecule has 0 N–H and O–H groups in total. The molecule has 0 aromatic carbocycles. The zero-order chi connectivity index (χ0) is 13.2. The van der Waals surface area contributed by atoms with Crippen molar-refractivity contribution in [1.29, 1.82) is 0 Å². The predicted octanol–water partition coefficient (Wildman–Crippen LogP) is 5.26. The van der Waals surface area contributed by atoms with Gasteiger partial charge in [0.1, 0.15) is 0 Å². The molecule has 1 aliphatic rings. The van der Waals surface area contributed by atoms with E-state index in [1.54, 1.807) is 17.3 Å². The van der Waals surface area contributed by atoms with Crippen molar-refractivity contribution in [2.75, 3.05) is 5.75 Å². The molecule has 1 atom stereocenters. The van der Waals surface area contributed by atoms with E-state index in [1.807, 2.05) is 29.2 Å². The Kier molecular flexibility index (Phi) is 4.52. The third kappa shape index (κ3) is 3.18. The van der Waals surface area contributed by atoms with Gasteiger partial charge in [-0.25, -0.2) is 0 Å². The van der Waals surface area contributed by atoms with Gasteiger partial charge < -0.3 is 0 Å². The molecule has 5 heteroatoms. The Hall–Kier alpha value is -0.0300. The molecule has 0 radical (unpaired) electrons. The van der Waals surface area contributed by atoms with Crippen molar-refractivity contribution in [2.24, 2.45) is 0 Å². The van der Waals surface area contributed by atoms with Gasteiger partial charge in [0, 0.05) is 27.9 Å². The number of thiophene rings is 1. The standard InChI is InChI=1S/C14H13BrClNS2/c15-11(5-9-1-3-17-7-12(9)16)14-6-10-8-18-4-2-13(10)19-14/h1,3,6-7,11H,2,4-5,8H2. The molecule has 0 saturated carbocycles. The van der Waals surface area contributed by atoms with Crippen molar-refractivity contribution >= 4 is 50.6 Å². The van der Waals surface area contributed by atoms with Crippen LogP contribution < -0.4 is 0 Å². The highest BCUT2D eigenvalue weighted by molar-refractivity contribution is 9.09. The smallest absolute Gasteiger partial charge is 0.0621 e. The Balaban J connectivity index is 1.79. The summed E-state index contributed by atoms with van der Waals surface area (Å²) in [6.07, 6.45) is 5.65. The fourth-order valence-electron chi connectivity index (χ4n) is 2.19. The summed E-state index contributed by atoms with van der Waals surface area (Å²) in [5, 5.41) is 0.754. The maximum atomic E-state index is 6.17. The molecular weight excluding hydrogens is 362 g/mol. The minimum Gasteiger partial charge on any atom is -0.263 e. The second kappa shape index (κ2) is 6.17. The first-order chi connectivity index (χ1) is 9.24. The van der Waals surface area contributed by atoms with Gasteiger partial charge >= 0.3 is 0 Å². The summed E-state index contributed by atoms with van der Waals surface area (Å²) in [7, 11) is 0. The van der Waals surface area contributed by atoms with Gasteiger partial charge in [-0.05, 0) is 41.9 Å². The maximum absolute atomic E-state index is 6.17. The lowest BCUT2D eigenvalue weighted by Crippen LogP contribution is -1.96. The number of aryl methyl sites for hydroxylation is 1. The van der Waals surface area contributed by atoms with Gasteiger partial charge in [-0.1, -0.05) is 27.5 Å². The van der Waals surface area contributed by atoms with Crippen LogP contribution in [0.3, 0.4) is 0 Å². The molecule has 0 spiro atoms. The molecule has 1 unspecified atom stereocenters. The average Bonchev–Trinajstić information content (AvgIpc) is 2.85. The van der Waals surface area contributed by atoms with Crippen LogP contribution in [0.1, 0.15) is 25.7 Å². The van der Waals surface area contributed by atoms with Crippen LogP contribution >= 0.6 is 50.6 Å². The Morgan fingerprint density at radius 1 is 1.47 bits per heavy atom. The Labute approximate surface area is 134 Å². The molecule has 19 heavy (non-hydrogen) atoms. The monoisotopic (exact) mass is 373 g/mol. The van der Waals surface area contributed by atoms with Crippen molar-refractivity contribution in [1.82, 2.24) is 4.98 Å². The zero-order valence-corrected chi connectivity index (χ0v) is 14.2. The molecule has 100 valence electrons. The van der Waals surface area contributed by atoms with Gasteiger partial charge in [-0.15, -0.1) is 11.3 Å². The highest BCUT2D eigenvalue weighted by Crippen LogP contribution is 2.39. The second-order valence-corrected chi connectivity index (χ2v) is 8.32. The van der Waals surface area contributed by atoms with Crippen molar-refractivity contribution in [3.8, 4) is 0 Å². The van der Waals surface area contributed by atoms with Crippen molar-refractivity contribution in [3.05, 3.63) is 50.4 Å². The molecule has 2 aromatic heterocycles. The van der Waals surface area contributed by atoms with E-state index < -0.39 is 0 Å². The minimum atomic E-state index is 0.341. The maximum Gasteiger partial charge on any atom is 0.0621 e. The van der Waals surface area contributed by atoms with Crippen LogP contribution in [0.5, 0.6) is 0 Å². The van der Waals surface area contributed by atoms with E-state index in [2.05, 4.69) is 27.0 Å². The lowest BCUT2D eigenvalue weighted by atomic mass is 10.1. The van der Waals surface area contributed by atoms with E-state index in [1.165, 1.54) is 28.4 Å². The molecule has 0 saturated heterocycles. The first-order valence-corrected chi connectivity index (χ1v) is 9.42. The molecule has 1 nitrogen and oxygen atoms in total. The van der Waals surface area contributed by atoms with Crippen LogP contribution in [0, 0.1) is 0 Å². The fraction of sp³-hybridized carbons (Fsp3) is 0.357. The minimum absolute atomic E-state index is 0.341. The summed E-state index contributed by atoms with van der Waals surface area (Å²) in [5.74, 6) is 2.43. The van der Waals surface area contributed by atoms with Crippen LogP contribution in [-0.2, 0) is 18.6 Å². The van der Waals surface area contributed by atoms with Gasteiger partial charge in [-0.3, -0.25) is 4.98 Å². The highest BCUT2D eigenvalue weighted by Gasteiger charge is 2.18. The van der Waals surface area contributed by atoms with Gasteiger partial charge in [0.15, 0.2) is 0 Å². The number of nitrogens with zero attached hydrogens (tertiary/aromatic N) is 1. The number of hydrogen-bond donors (Lipinski definition) is 0. The van der Waals surface area contributed by atoms with E-state index in [-0.39, 0.29) is 0 Å². The molecule has 3 heterocycles. The average molecular weight is 375 g/mol.